The summed E-state index contributed by atoms with van der Waals surface area (Å²) >= 11 is 5.65. The number of aromatic nitrogens is 1. The van der Waals surface area contributed by atoms with Crippen molar-refractivity contribution in [2.45, 2.75) is 19.7 Å². The summed E-state index contributed by atoms with van der Waals surface area (Å²) in [4.78, 5) is 15.3. The number of aryl methyl sites for hydroxylation is 1. The highest BCUT2D eigenvalue weighted by atomic mass is 35.5. The number of halogens is 1. The molecule has 0 aliphatic rings. The van der Waals surface area contributed by atoms with Gasteiger partial charge in [-0.1, -0.05) is 18.5 Å². The van der Waals surface area contributed by atoms with Crippen molar-refractivity contribution in [3.05, 3.63) is 28.5 Å². The largest absolute Gasteiger partial charge is 0.295 e. The van der Waals surface area contributed by atoms with Crippen LogP contribution in [-0.2, 0) is 0 Å². The average molecular weight is 193 g/mol. The molecule has 0 saturated carbocycles. The molecule has 1 rings (SSSR count). The summed E-state index contributed by atoms with van der Waals surface area (Å²) in [5.41, 5.74) is 1.35. The van der Waals surface area contributed by atoms with Gasteiger partial charge in [-0.05, 0) is 24.4 Å². The Morgan fingerprint density at radius 1 is 1.69 bits per heavy atom. The molecule has 1 unspecified atom stereocenters. The fraction of sp³-hybridized carbons (Fsp3) is 0.333. The molecule has 1 aromatic rings. The van der Waals surface area contributed by atoms with Crippen LogP contribution < -0.4 is 0 Å². The van der Waals surface area contributed by atoms with Crippen LogP contribution in [0.3, 0.4) is 0 Å². The van der Waals surface area contributed by atoms with Gasteiger partial charge in [-0.2, -0.15) is 0 Å². The third-order valence-electron chi connectivity index (χ3n) is 1.76. The smallest absolute Gasteiger partial charge is 0.158 e. The Morgan fingerprint density at radius 3 is 2.77 bits per heavy atom. The summed E-state index contributed by atoms with van der Waals surface area (Å²) in [7, 11) is 5.46. The third kappa shape index (κ3) is 2.31. The monoisotopic (exact) mass is 193 g/mol. The lowest BCUT2D eigenvalue weighted by molar-refractivity contribution is 0.0988. The molecule has 0 amide bonds. The lowest BCUT2D eigenvalue weighted by Gasteiger charge is -2.06. The van der Waals surface area contributed by atoms with Crippen LogP contribution >= 0.6 is 11.6 Å². The summed E-state index contributed by atoms with van der Waals surface area (Å²) in [6, 6.07) is 1.65. The normalized spacial score (nSPS) is 12.5. The second-order valence-corrected chi connectivity index (χ2v) is 3.36. The molecule has 1 heterocycles. The maximum atomic E-state index is 11.5. The first-order valence-corrected chi connectivity index (χ1v) is 4.32. The van der Waals surface area contributed by atoms with Gasteiger partial charge in [-0.15, -0.1) is 0 Å². The molecule has 0 fully saturated rings. The fourth-order valence-electron chi connectivity index (χ4n) is 1.02. The first kappa shape index (κ1) is 10.3. The molecule has 0 aromatic carbocycles. The highest BCUT2D eigenvalue weighted by Crippen LogP contribution is 2.16. The highest BCUT2D eigenvalue weighted by Gasteiger charge is 2.12. The molecule has 66 valence electrons. The zero-order valence-corrected chi connectivity index (χ0v) is 8.30. The van der Waals surface area contributed by atoms with Gasteiger partial charge >= 0.3 is 0 Å². The molecule has 0 spiro atoms. The molecule has 2 radical (unpaired) electrons. The summed E-state index contributed by atoms with van der Waals surface area (Å²) < 4.78 is 0. The van der Waals surface area contributed by atoms with Crippen LogP contribution in [0.2, 0.25) is 11.0 Å². The Labute approximate surface area is 83.7 Å². The van der Waals surface area contributed by atoms with Gasteiger partial charge < -0.3 is 0 Å². The first-order valence-electron chi connectivity index (χ1n) is 3.94. The lowest BCUT2D eigenvalue weighted by Crippen LogP contribution is -2.08. The second-order valence-electron chi connectivity index (χ2n) is 2.97. The zero-order chi connectivity index (χ0) is 10.0. The summed E-state index contributed by atoms with van der Waals surface area (Å²) in [5.74, 6) is -0.608. The van der Waals surface area contributed by atoms with Gasteiger partial charge in [0.25, 0.3) is 0 Å². The summed E-state index contributed by atoms with van der Waals surface area (Å²) in [6.45, 7) is 3.46. The van der Waals surface area contributed by atoms with Crippen LogP contribution in [-0.4, -0.2) is 18.6 Å². The van der Waals surface area contributed by atoms with Crippen molar-refractivity contribution in [1.29, 1.82) is 0 Å². The van der Waals surface area contributed by atoms with Crippen molar-refractivity contribution in [2.24, 2.45) is 0 Å². The summed E-state index contributed by atoms with van der Waals surface area (Å²) in [6.07, 6.45) is 1.46. The Bertz CT molecular complexity index is 338. The van der Waals surface area contributed by atoms with Crippen molar-refractivity contribution in [3.8, 4) is 0 Å². The van der Waals surface area contributed by atoms with E-state index in [0.29, 0.717) is 10.7 Å². The highest BCUT2D eigenvalue weighted by molar-refractivity contribution is 6.30. The average Bonchev–Trinajstić information content (AvgIpc) is 2.03. The van der Waals surface area contributed by atoms with E-state index in [-0.39, 0.29) is 5.78 Å². The number of Topliss-reactive ketones (excluding diaryl/α,β-unsaturated/α-hetero) is 1. The number of carbonyl (C=O) groups excluding carboxylic acids is 1. The third-order valence-corrected chi connectivity index (χ3v) is 1.96. The number of pyridine rings is 1. The molecule has 0 aliphatic carbocycles. The van der Waals surface area contributed by atoms with Crippen LogP contribution in [0.5, 0.6) is 0 Å². The van der Waals surface area contributed by atoms with Gasteiger partial charge in [0.05, 0.1) is 7.85 Å². The molecule has 1 atom stereocenters. The fourth-order valence-corrected chi connectivity index (χ4v) is 1.24. The Hall–Kier alpha value is -0.825. The van der Waals surface area contributed by atoms with E-state index in [0.717, 1.165) is 5.56 Å². The van der Waals surface area contributed by atoms with Crippen LogP contribution in [0, 0.1) is 6.92 Å². The lowest BCUT2D eigenvalue weighted by atomic mass is 9.82. The van der Waals surface area contributed by atoms with Gasteiger partial charge in [0, 0.05) is 11.8 Å². The zero-order valence-electron chi connectivity index (χ0n) is 7.54. The van der Waals surface area contributed by atoms with Crippen molar-refractivity contribution in [2.75, 3.05) is 0 Å². The molecule has 4 heteroatoms. The first-order chi connectivity index (χ1) is 6.02. The SMILES string of the molecule is [B]C(C)C(=O)c1cnc(Cl)cc1C. The molecule has 13 heavy (non-hydrogen) atoms. The number of hydrogen-bond acceptors (Lipinski definition) is 2. The Morgan fingerprint density at radius 2 is 2.31 bits per heavy atom. The number of rotatable bonds is 2. The standard InChI is InChI=1S/C9H9BClNO/c1-5-3-8(11)12-4-7(5)9(13)6(2)10/h3-4,6H,1-2H3. The van der Waals surface area contributed by atoms with Gasteiger partial charge in [0.1, 0.15) is 5.15 Å². The minimum atomic E-state index is -0.498. The van der Waals surface area contributed by atoms with Crippen LogP contribution in [0.4, 0.5) is 0 Å². The predicted molar refractivity (Wildman–Crippen MR) is 53.5 cm³/mol. The van der Waals surface area contributed by atoms with Crippen LogP contribution in [0.25, 0.3) is 0 Å². The molecule has 0 aliphatic heterocycles. The minimum Gasteiger partial charge on any atom is -0.295 e. The number of ketones is 1. The van der Waals surface area contributed by atoms with E-state index in [2.05, 4.69) is 4.98 Å². The van der Waals surface area contributed by atoms with E-state index >= 15 is 0 Å². The maximum absolute atomic E-state index is 11.5. The molecule has 0 bridgehead atoms. The molecule has 0 saturated heterocycles. The predicted octanol–water partition coefficient (Wildman–Crippen LogP) is 2.20. The van der Waals surface area contributed by atoms with Gasteiger partial charge in [0.15, 0.2) is 5.78 Å². The molecule has 2 nitrogen and oxygen atoms in total. The quantitative estimate of drug-likeness (QED) is 0.409. The minimum absolute atomic E-state index is 0.110. The number of nitrogens with zero attached hydrogens (tertiary/aromatic N) is 1. The molecule has 1 aromatic heterocycles. The van der Waals surface area contributed by atoms with E-state index in [1.54, 1.807) is 13.0 Å². The van der Waals surface area contributed by atoms with Crippen LogP contribution in [0.15, 0.2) is 12.3 Å². The maximum Gasteiger partial charge on any atom is 0.158 e. The molecule has 0 N–H and O–H groups in total. The van der Waals surface area contributed by atoms with E-state index in [1.807, 2.05) is 6.92 Å². The van der Waals surface area contributed by atoms with E-state index < -0.39 is 5.82 Å². The second kappa shape index (κ2) is 3.92. The number of carbonyl (C=O) groups is 1. The topological polar surface area (TPSA) is 30.0 Å². The van der Waals surface area contributed by atoms with E-state index in [1.165, 1.54) is 6.20 Å². The van der Waals surface area contributed by atoms with Gasteiger partial charge in [0.2, 0.25) is 0 Å². The van der Waals surface area contributed by atoms with Gasteiger partial charge in [-0.25, -0.2) is 4.98 Å². The molecular formula is C9H9BClNO. The van der Waals surface area contributed by atoms with E-state index in [4.69, 9.17) is 19.4 Å². The van der Waals surface area contributed by atoms with Gasteiger partial charge in [-0.3, -0.25) is 4.79 Å². The number of hydrogen-bond donors (Lipinski definition) is 0. The van der Waals surface area contributed by atoms with Crippen molar-refractivity contribution in [1.82, 2.24) is 4.98 Å². The van der Waals surface area contributed by atoms with Crippen LogP contribution in [0.1, 0.15) is 22.8 Å². The summed E-state index contributed by atoms with van der Waals surface area (Å²) in [5, 5.41) is 0.388. The van der Waals surface area contributed by atoms with Crippen molar-refractivity contribution in [3.63, 3.8) is 0 Å². The Kier molecular flexibility index (Phi) is 3.09. The molecular weight excluding hydrogens is 184 g/mol. The Balaban J connectivity index is 3.09. The van der Waals surface area contributed by atoms with E-state index in [9.17, 15) is 4.79 Å². The van der Waals surface area contributed by atoms with Crippen molar-refractivity contribution >= 4 is 25.2 Å². The van der Waals surface area contributed by atoms with Crippen molar-refractivity contribution < 1.29 is 4.79 Å².